The van der Waals surface area contributed by atoms with Crippen molar-refractivity contribution in [3.05, 3.63) is 64.7 Å². The molecule has 2 aromatic carbocycles. The van der Waals surface area contributed by atoms with Gasteiger partial charge in [0.15, 0.2) is 0 Å². The van der Waals surface area contributed by atoms with Crippen molar-refractivity contribution in [2.45, 2.75) is 43.9 Å². The number of piperidine rings is 1. The summed E-state index contributed by atoms with van der Waals surface area (Å²) in [6.07, 6.45) is -4.06. The molecular weight excluding hydrogens is 379 g/mol. The van der Waals surface area contributed by atoms with Crippen LogP contribution in [0.25, 0.3) is 0 Å². The highest BCUT2D eigenvalue weighted by Gasteiger charge is 2.42. The molecular formula is C22H20F3N3O. The molecule has 2 heterocycles. The number of carbonyl (C=O) groups excluding carboxylic acids is 1. The molecule has 0 radical (unpaired) electrons. The monoisotopic (exact) mass is 399 g/mol. The van der Waals surface area contributed by atoms with Gasteiger partial charge in [0.2, 0.25) is 0 Å². The van der Waals surface area contributed by atoms with E-state index in [2.05, 4.69) is 23.2 Å². The Kier molecular flexibility index (Phi) is 4.73. The Bertz CT molecular complexity index is 996. The Morgan fingerprint density at radius 1 is 1.17 bits per heavy atom. The van der Waals surface area contributed by atoms with Crippen LogP contribution in [0, 0.1) is 11.3 Å². The van der Waals surface area contributed by atoms with Gasteiger partial charge in [0, 0.05) is 24.2 Å². The molecule has 1 amide bonds. The average Bonchev–Trinajstić information content (AvgIpc) is 2.81. The van der Waals surface area contributed by atoms with Crippen LogP contribution >= 0.6 is 0 Å². The van der Waals surface area contributed by atoms with Gasteiger partial charge < -0.3 is 10.2 Å². The van der Waals surface area contributed by atoms with Crippen molar-refractivity contribution < 1.29 is 18.0 Å². The summed E-state index contributed by atoms with van der Waals surface area (Å²) in [5.41, 5.74) is 4.77. The Morgan fingerprint density at radius 3 is 2.59 bits per heavy atom. The maximum Gasteiger partial charge on any atom is 0.471 e. The number of nitriles is 1. The number of alkyl halides is 3. The smallest absolute Gasteiger partial charge is 0.364 e. The van der Waals surface area contributed by atoms with Crippen LogP contribution < -0.4 is 10.2 Å². The molecule has 0 spiro atoms. The van der Waals surface area contributed by atoms with E-state index >= 15 is 0 Å². The first-order valence-corrected chi connectivity index (χ1v) is 9.56. The van der Waals surface area contributed by atoms with Crippen molar-refractivity contribution in [3.63, 3.8) is 0 Å². The second-order valence-electron chi connectivity index (χ2n) is 7.64. The maximum absolute atomic E-state index is 12.7. The highest BCUT2D eigenvalue weighted by atomic mass is 19.4. The quantitative estimate of drug-likeness (QED) is 0.773. The lowest BCUT2D eigenvalue weighted by Crippen LogP contribution is -2.49. The summed E-state index contributed by atoms with van der Waals surface area (Å²) in [6, 6.07) is 15.0. The van der Waals surface area contributed by atoms with E-state index in [4.69, 9.17) is 0 Å². The molecule has 150 valence electrons. The van der Waals surface area contributed by atoms with Gasteiger partial charge in [-0.2, -0.15) is 18.4 Å². The normalized spacial score (nSPS) is 23.1. The second-order valence-corrected chi connectivity index (χ2v) is 7.64. The van der Waals surface area contributed by atoms with E-state index in [9.17, 15) is 23.2 Å². The summed E-state index contributed by atoms with van der Waals surface area (Å²) >= 11 is 0. The first-order chi connectivity index (χ1) is 13.8. The summed E-state index contributed by atoms with van der Waals surface area (Å²) < 4.78 is 38.1. The molecule has 29 heavy (non-hydrogen) atoms. The number of nitrogens with one attached hydrogen (secondary N) is 1. The van der Waals surface area contributed by atoms with Crippen molar-refractivity contribution in [2.75, 3.05) is 11.4 Å². The number of carbonyl (C=O) groups is 1. The summed E-state index contributed by atoms with van der Waals surface area (Å²) in [5.74, 6) is -1.84. The molecule has 1 unspecified atom stereocenters. The van der Waals surface area contributed by atoms with Gasteiger partial charge in [0.1, 0.15) is 0 Å². The van der Waals surface area contributed by atoms with Crippen molar-refractivity contribution in [1.82, 2.24) is 5.32 Å². The van der Waals surface area contributed by atoms with Gasteiger partial charge in [-0.15, -0.1) is 0 Å². The van der Waals surface area contributed by atoms with Gasteiger partial charge in [-0.1, -0.05) is 31.2 Å². The third-order valence-corrected chi connectivity index (χ3v) is 5.95. The molecule has 0 aromatic heterocycles. The molecule has 2 aliphatic heterocycles. The van der Waals surface area contributed by atoms with Crippen LogP contribution in [-0.4, -0.2) is 24.7 Å². The van der Waals surface area contributed by atoms with Crippen molar-refractivity contribution >= 4 is 11.6 Å². The summed E-state index contributed by atoms with van der Waals surface area (Å²) in [7, 11) is 0. The Labute approximate surface area is 166 Å². The van der Waals surface area contributed by atoms with E-state index in [0.29, 0.717) is 24.9 Å². The van der Waals surface area contributed by atoms with E-state index in [1.54, 1.807) is 6.07 Å². The first kappa shape index (κ1) is 19.3. The predicted octanol–water partition coefficient (Wildman–Crippen LogP) is 4.41. The van der Waals surface area contributed by atoms with Crippen molar-refractivity contribution in [1.29, 1.82) is 5.26 Å². The first-order valence-electron chi connectivity index (χ1n) is 9.56. The van der Waals surface area contributed by atoms with Gasteiger partial charge in [-0.3, -0.25) is 4.79 Å². The zero-order chi connectivity index (χ0) is 20.8. The number of amides is 1. The molecule has 2 aliphatic rings. The number of hydrogen-bond acceptors (Lipinski definition) is 3. The van der Waals surface area contributed by atoms with Crippen LogP contribution in [0.4, 0.5) is 18.9 Å². The third-order valence-electron chi connectivity index (χ3n) is 5.95. The predicted molar refractivity (Wildman–Crippen MR) is 102 cm³/mol. The molecule has 4 rings (SSSR count). The molecule has 2 aromatic rings. The average molecular weight is 399 g/mol. The van der Waals surface area contributed by atoms with Crippen LogP contribution in [0.15, 0.2) is 42.5 Å². The lowest BCUT2D eigenvalue weighted by Gasteiger charge is -2.41. The molecule has 4 nitrogen and oxygen atoms in total. The minimum Gasteiger partial charge on any atom is -0.364 e. The summed E-state index contributed by atoms with van der Waals surface area (Å²) in [6.45, 7) is 2.60. The Hall–Kier alpha value is -3.01. The lowest BCUT2D eigenvalue weighted by molar-refractivity contribution is -0.174. The van der Waals surface area contributed by atoms with Gasteiger partial charge in [-0.25, -0.2) is 0 Å². The Balaban J connectivity index is 1.75. The van der Waals surface area contributed by atoms with Gasteiger partial charge >= 0.3 is 12.1 Å². The summed E-state index contributed by atoms with van der Waals surface area (Å²) in [4.78, 5) is 13.7. The van der Waals surface area contributed by atoms with E-state index < -0.39 is 18.1 Å². The minimum absolute atomic E-state index is 0.0447. The molecule has 3 atom stereocenters. The molecule has 7 heteroatoms. The SMILES string of the molecule is C[C@H]1c2ccccc2[C@@H]2CC(NC(=O)C(F)(F)F)CCN2c2ccc(C#N)cc21. The molecule has 1 N–H and O–H groups in total. The van der Waals surface area contributed by atoms with Crippen LogP contribution in [0.3, 0.4) is 0 Å². The fourth-order valence-electron chi connectivity index (χ4n) is 4.56. The number of hydrogen-bond donors (Lipinski definition) is 1. The molecule has 0 saturated carbocycles. The van der Waals surface area contributed by atoms with Crippen LogP contribution in [0.2, 0.25) is 0 Å². The fraction of sp³-hybridized carbons (Fsp3) is 0.364. The molecule has 1 fully saturated rings. The zero-order valence-corrected chi connectivity index (χ0v) is 15.8. The highest BCUT2D eigenvalue weighted by Crippen LogP contribution is 2.46. The summed E-state index contributed by atoms with van der Waals surface area (Å²) in [5, 5.41) is 11.5. The number of anilines is 1. The van der Waals surface area contributed by atoms with Crippen molar-refractivity contribution in [2.24, 2.45) is 0 Å². The number of nitrogens with zero attached hydrogens (tertiary/aromatic N) is 2. The Morgan fingerprint density at radius 2 is 1.90 bits per heavy atom. The molecule has 0 aliphatic carbocycles. The second kappa shape index (κ2) is 7.11. The highest BCUT2D eigenvalue weighted by molar-refractivity contribution is 5.82. The minimum atomic E-state index is -4.88. The number of fused-ring (bicyclic) bond motifs is 5. The van der Waals surface area contributed by atoms with Gasteiger partial charge in [0.25, 0.3) is 0 Å². The topological polar surface area (TPSA) is 56.1 Å². The maximum atomic E-state index is 12.7. The number of benzene rings is 2. The largest absolute Gasteiger partial charge is 0.471 e. The van der Waals surface area contributed by atoms with Crippen molar-refractivity contribution in [3.8, 4) is 6.07 Å². The standard InChI is InChI=1S/C22H20F3N3O/c1-13-16-4-2-3-5-17(16)20-11-15(27-21(29)22(23,24)25)8-9-28(20)19-7-6-14(12-26)10-18(13)19/h2-7,10,13,15,20H,8-9,11H2,1H3,(H,27,29)/t13-,15?,20-/m0/s1. The number of rotatable bonds is 1. The van der Waals surface area contributed by atoms with Crippen LogP contribution in [0.5, 0.6) is 0 Å². The van der Waals surface area contributed by atoms with Gasteiger partial charge in [-0.05, 0) is 47.7 Å². The zero-order valence-electron chi connectivity index (χ0n) is 15.8. The fourth-order valence-corrected chi connectivity index (χ4v) is 4.56. The van der Waals surface area contributed by atoms with E-state index in [1.165, 1.54) is 0 Å². The van der Waals surface area contributed by atoms with Crippen LogP contribution in [-0.2, 0) is 4.79 Å². The lowest BCUT2D eigenvalue weighted by atomic mass is 9.86. The van der Waals surface area contributed by atoms with E-state index in [0.717, 1.165) is 22.4 Å². The number of halogens is 3. The van der Waals surface area contributed by atoms with E-state index in [1.807, 2.05) is 36.4 Å². The van der Waals surface area contributed by atoms with Crippen LogP contribution in [0.1, 0.15) is 54.0 Å². The molecule has 0 bridgehead atoms. The third kappa shape index (κ3) is 3.44. The molecule has 1 saturated heterocycles. The van der Waals surface area contributed by atoms with E-state index in [-0.39, 0.29) is 12.0 Å². The van der Waals surface area contributed by atoms with Gasteiger partial charge in [0.05, 0.1) is 17.7 Å².